The summed E-state index contributed by atoms with van der Waals surface area (Å²) in [7, 11) is 0. The molecule has 0 radical (unpaired) electrons. The van der Waals surface area contributed by atoms with Gasteiger partial charge >= 0.3 is 0 Å². The maximum Gasteiger partial charge on any atom is 0.122 e. The third-order valence-electron chi connectivity index (χ3n) is 2.56. The van der Waals surface area contributed by atoms with Gasteiger partial charge in [0, 0.05) is 10.0 Å². The van der Waals surface area contributed by atoms with E-state index in [-0.39, 0.29) is 0 Å². The molecule has 0 N–H and O–H groups in total. The molecule has 0 aliphatic heterocycles. The zero-order valence-corrected chi connectivity index (χ0v) is 12.5. The number of nitrogens with zero attached hydrogens (tertiary/aromatic N) is 2. The van der Waals surface area contributed by atoms with Crippen LogP contribution in [-0.4, -0.2) is 4.57 Å². The number of aromatic nitrogens is 1. The van der Waals surface area contributed by atoms with Crippen LogP contribution in [0.3, 0.4) is 0 Å². The Morgan fingerprint density at radius 3 is 2.56 bits per heavy atom. The summed E-state index contributed by atoms with van der Waals surface area (Å²) in [6.45, 7) is 0.369. The van der Waals surface area contributed by atoms with E-state index in [4.69, 9.17) is 11.7 Å². The summed E-state index contributed by atoms with van der Waals surface area (Å²) in [6, 6.07) is 11.8. The third-order valence-corrected chi connectivity index (χ3v) is 4.11. The Bertz CT molecular complexity index is 672. The Kier molecular flexibility index (Phi) is 3.91. The molecule has 0 bridgehead atoms. The van der Waals surface area contributed by atoms with E-state index in [1.54, 1.807) is 4.57 Å². The molecule has 0 amide bonds. The fraction of sp³-hybridized carbons (Fsp3) is 0.0714. The lowest BCUT2D eigenvalue weighted by atomic mass is 10.1. The van der Waals surface area contributed by atoms with Crippen LogP contribution in [0.2, 0.25) is 0 Å². The van der Waals surface area contributed by atoms with Gasteiger partial charge in [0.05, 0.1) is 11.1 Å². The van der Waals surface area contributed by atoms with Crippen LogP contribution in [0.5, 0.6) is 0 Å². The normalized spacial score (nSPS) is 9.78. The van der Waals surface area contributed by atoms with Crippen LogP contribution >= 0.6 is 31.9 Å². The van der Waals surface area contributed by atoms with Crippen molar-refractivity contribution in [1.82, 2.24) is 4.57 Å². The highest BCUT2D eigenvalue weighted by molar-refractivity contribution is 9.11. The van der Waals surface area contributed by atoms with E-state index in [2.05, 4.69) is 43.8 Å². The number of hydrogen-bond donors (Lipinski definition) is 0. The highest BCUT2D eigenvalue weighted by Crippen LogP contribution is 2.35. The van der Waals surface area contributed by atoms with Gasteiger partial charge in [-0.25, -0.2) is 0 Å². The molecule has 0 unspecified atom stereocenters. The predicted molar refractivity (Wildman–Crippen MR) is 78.8 cm³/mol. The summed E-state index contributed by atoms with van der Waals surface area (Å²) in [5.41, 5.74) is 2.52. The number of halogens is 2. The number of terminal acetylenes is 1. The maximum absolute atomic E-state index is 9.13. The summed E-state index contributed by atoms with van der Waals surface area (Å²) in [5.74, 6) is 2.55. The van der Waals surface area contributed by atoms with Crippen molar-refractivity contribution < 1.29 is 0 Å². The number of benzene rings is 1. The van der Waals surface area contributed by atoms with Crippen molar-refractivity contribution in [3.05, 3.63) is 45.1 Å². The topological polar surface area (TPSA) is 28.7 Å². The van der Waals surface area contributed by atoms with E-state index in [9.17, 15) is 0 Å². The summed E-state index contributed by atoms with van der Waals surface area (Å²) in [6.07, 6.45) is 5.32. The molecule has 0 spiro atoms. The second kappa shape index (κ2) is 5.44. The first-order valence-electron chi connectivity index (χ1n) is 5.16. The fourth-order valence-corrected chi connectivity index (χ4v) is 2.88. The molecule has 0 saturated carbocycles. The van der Waals surface area contributed by atoms with Gasteiger partial charge in [0.25, 0.3) is 0 Å². The van der Waals surface area contributed by atoms with Crippen LogP contribution in [-0.2, 0) is 6.54 Å². The molecular weight excluding hydrogens is 356 g/mol. The van der Waals surface area contributed by atoms with Crippen LogP contribution in [0.4, 0.5) is 0 Å². The lowest BCUT2D eigenvalue weighted by Crippen LogP contribution is -1.98. The maximum atomic E-state index is 9.13. The first-order valence-corrected chi connectivity index (χ1v) is 6.75. The van der Waals surface area contributed by atoms with Crippen LogP contribution in [0.15, 0.2) is 39.4 Å². The second-order valence-corrected chi connectivity index (χ2v) is 5.22. The van der Waals surface area contributed by atoms with Gasteiger partial charge < -0.3 is 4.57 Å². The van der Waals surface area contributed by atoms with E-state index >= 15 is 0 Å². The Morgan fingerprint density at radius 2 is 1.94 bits per heavy atom. The Hall–Kier alpha value is -1.49. The molecule has 0 aliphatic rings. The number of rotatable bonds is 2. The van der Waals surface area contributed by atoms with E-state index in [0.717, 1.165) is 20.2 Å². The van der Waals surface area contributed by atoms with Crippen molar-refractivity contribution in [2.75, 3.05) is 0 Å². The first kappa shape index (κ1) is 13.0. The smallest absolute Gasteiger partial charge is 0.122 e. The molecule has 1 heterocycles. The van der Waals surface area contributed by atoms with Crippen molar-refractivity contribution in [2.24, 2.45) is 0 Å². The third kappa shape index (κ3) is 2.22. The molecular formula is C14H8Br2N2. The molecule has 0 atom stereocenters. The fourth-order valence-electron chi connectivity index (χ4n) is 1.73. The highest BCUT2D eigenvalue weighted by Gasteiger charge is 2.15. The molecule has 1 aromatic heterocycles. The van der Waals surface area contributed by atoms with Gasteiger partial charge in [0.1, 0.15) is 11.8 Å². The lowest BCUT2D eigenvalue weighted by molar-refractivity contribution is 0.816. The minimum atomic E-state index is 0.369. The zero-order chi connectivity index (χ0) is 13.1. The molecule has 0 aliphatic carbocycles. The summed E-state index contributed by atoms with van der Waals surface area (Å²) in [5, 5.41) is 9.13. The first-order chi connectivity index (χ1) is 8.69. The minimum Gasteiger partial charge on any atom is -0.315 e. The molecule has 2 rings (SSSR count). The van der Waals surface area contributed by atoms with E-state index in [1.807, 2.05) is 30.3 Å². The Morgan fingerprint density at radius 1 is 1.22 bits per heavy atom. The van der Waals surface area contributed by atoms with E-state index in [1.165, 1.54) is 0 Å². The van der Waals surface area contributed by atoms with Gasteiger partial charge in [-0.3, -0.25) is 0 Å². The van der Waals surface area contributed by atoms with Crippen molar-refractivity contribution in [3.63, 3.8) is 0 Å². The Balaban J connectivity index is 2.65. The molecule has 4 heteroatoms. The van der Waals surface area contributed by atoms with Gasteiger partial charge in [-0.2, -0.15) is 5.26 Å². The van der Waals surface area contributed by atoms with Gasteiger partial charge in [-0.05, 0) is 33.6 Å². The molecule has 1 aromatic carbocycles. The largest absolute Gasteiger partial charge is 0.315 e. The monoisotopic (exact) mass is 362 g/mol. The van der Waals surface area contributed by atoms with Crippen molar-refractivity contribution in [2.45, 2.75) is 6.54 Å². The molecule has 18 heavy (non-hydrogen) atoms. The van der Waals surface area contributed by atoms with Gasteiger partial charge in [-0.15, -0.1) is 6.42 Å². The summed E-state index contributed by atoms with van der Waals surface area (Å²) in [4.78, 5) is 0. The standard InChI is InChI=1S/C14H8Br2N2/c1-2-7-18-10(9-17)8-12(14(18)16)11-5-3-4-6-13(11)15/h1,3-6,8H,7H2. The van der Waals surface area contributed by atoms with Gasteiger partial charge in [0.15, 0.2) is 0 Å². The van der Waals surface area contributed by atoms with Crippen LogP contribution in [0, 0.1) is 23.7 Å². The summed E-state index contributed by atoms with van der Waals surface area (Å²) >= 11 is 7.02. The second-order valence-electron chi connectivity index (χ2n) is 3.62. The van der Waals surface area contributed by atoms with Gasteiger partial charge in [0.2, 0.25) is 0 Å². The van der Waals surface area contributed by atoms with Crippen molar-refractivity contribution in [1.29, 1.82) is 5.26 Å². The zero-order valence-electron chi connectivity index (χ0n) is 9.32. The SMILES string of the molecule is C#CCn1c(C#N)cc(-c2ccccc2Br)c1Br. The molecule has 0 saturated heterocycles. The molecule has 0 fully saturated rings. The number of nitriles is 1. The molecule has 88 valence electrons. The van der Waals surface area contributed by atoms with Crippen LogP contribution < -0.4 is 0 Å². The van der Waals surface area contributed by atoms with E-state index < -0.39 is 0 Å². The van der Waals surface area contributed by atoms with Gasteiger partial charge in [-0.1, -0.05) is 40.0 Å². The average molecular weight is 364 g/mol. The molecule has 2 nitrogen and oxygen atoms in total. The number of hydrogen-bond acceptors (Lipinski definition) is 1. The Labute approximate surface area is 122 Å². The van der Waals surface area contributed by atoms with Crippen molar-refractivity contribution >= 4 is 31.9 Å². The summed E-state index contributed by atoms with van der Waals surface area (Å²) < 4.78 is 3.58. The average Bonchev–Trinajstić information content (AvgIpc) is 2.68. The quantitative estimate of drug-likeness (QED) is 0.735. The lowest BCUT2D eigenvalue weighted by Gasteiger charge is -2.04. The molecule has 2 aromatic rings. The predicted octanol–water partition coefficient (Wildman–Crippen LogP) is 4.18. The van der Waals surface area contributed by atoms with Crippen LogP contribution in [0.1, 0.15) is 5.69 Å². The highest BCUT2D eigenvalue weighted by atomic mass is 79.9. The minimum absolute atomic E-state index is 0.369. The van der Waals surface area contributed by atoms with Crippen LogP contribution in [0.25, 0.3) is 11.1 Å². The van der Waals surface area contributed by atoms with E-state index in [0.29, 0.717) is 12.2 Å². The van der Waals surface area contributed by atoms with Crippen molar-refractivity contribution in [3.8, 4) is 29.5 Å².